The first kappa shape index (κ1) is 12.6. The molecule has 0 radical (unpaired) electrons. The van der Waals surface area contributed by atoms with Crippen LogP contribution in [0.15, 0.2) is 12.2 Å². The number of hydrogen-bond donors (Lipinski definition) is 0. The molecule has 0 saturated heterocycles. The summed E-state index contributed by atoms with van der Waals surface area (Å²) in [5, 5.41) is 0. The molecule has 0 aromatic carbocycles. The Hall–Kier alpha value is -0.370. The second kappa shape index (κ2) is 7.07. The molecule has 2 unspecified atom stereocenters. The first-order valence-corrected chi connectivity index (χ1v) is 4.96. The maximum atomic E-state index is 13.1. The van der Waals surface area contributed by atoms with Gasteiger partial charge in [-0.1, -0.05) is 26.0 Å². The van der Waals surface area contributed by atoms with Crippen LogP contribution in [0.2, 0.25) is 0 Å². The van der Waals surface area contributed by atoms with Gasteiger partial charge < -0.3 is 4.74 Å². The van der Waals surface area contributed by atoms with Gasteiger partial charge in [0, 0.05) is 13.0 Å². The summed E-state index contributed by atoms with van der Waals surface area (Å²) in [5.74, 6) is 0.185. The van der Waals surface area contributed by atoms with Crippen molar-refractivity contribution in [1.29, 1.82) is 0 Å². The molecule has 13 heavy (non-hydrogen) atoms. The molecule has 0 bridgehead atoms. The Bertz CT molecular complexity index is 145. The summed E-state index contributed by atoms with van der Waals surface area (Å²) in [6, 6.07) is 0. The van der Waals surface area contributed by atoms with Crippen molar-refractivity contribution >= 4 is 0 Å². The molecular formula is C11H21FO. The van der Waals surface area contributed by atoms with E-state index in [9.17, 15) is 4.39 Å². The highest BCUT2D eigenvalue weighted by Gasteiger charge is 2.16. The van der Waals surface area contributed by atoms with E-state index in [-0.39, 0.29) is 5.92 Å². The zero-order chi connectivity index (χ0) is 10.3. The third-order valence-corrected chi connectivity index (χ3v) is 2.38. The lowest BCUT2D eigenvalue weighted by atomic mass is 9.93. The molecule has 2 atom stereocenters. The van der Waals surface area contributed by atoms with Crippen molar-refractivity contribution in [1.82, 2.24) is 0 Å². The lowest BCUT2D eigenvalue weighted by Crippen LogP contribution is -2.15. The fraction of sp³-hybridized carbons (Fsp3) is 0.818. The molecule has 0 aliphatic carbocycles. The monoisotopic (exact) mass is 188 g/mol. The lowest BCUT2D eigenvalue weighted by molar-refractivity contribution is 0.142. The standard InChI is InChI=1S/C11H21FO/c1-5-9(3)10(8-13-4)7-11(12)6-2/h10-11H,3,5-8H2,1-2,4H3. The van der Waals surface area contributed by atoms with Gasteiger partial charge in [0.2, 0.25) is 0 Å². The molecule has 0 aliphatic heterocycles. The van der Waals surface area contributed by atoms with Gasteiger partial charge in [-0.15, -0.1) is 0 Å². The van der Waals surface area contributed by atoms with Crippen LogP contribution in [-0.4, -0.2) is 19.9 Å². The van der Waals surface area contributed by atoms with E-state index in [4.69, 9.17) is 4.74 Å². The van der Waals surface area contributed by atoms with Gasteiger partial charge in [-0.05, 0) is 19.3 Å². The van der Waals surface area contributed by atoms with Crippen LogP contribution < -0.4 is 0 Å². The van der Waals surface area contributed by atoms with Gasteiger partial charge in [0.1, 0.15) is 6.17 Å². The highest BCUT2D eigenvalue weighted by molar-refractivity contribution is 5.00. The predicted molar refractivity (Wildman–Crippen MR) is 54.6 cm³/mol. The minimum atomic E-state index is -0.719. The minimum Gasteiger partial charge on any atom is -0.384 e. The van der Waals surface area contributed by atoms with Crippen LogP contribution >= 0.6 is 0 Å². The molecule has 0 aromatic rings. The molecule has 0 N–H and O–H groups in total. The molecule has 2 heteroatoms. The van der Waals surface area contributed by atoms with Crippen molar-refractivity contribution in [3.8, 4) is 0 Å². The number of rotatable bonds is 7. The van der Waals surface area contributed by atoms with Crippen LogP contribution in [-0.2, 0) is 4.74 Å². The third kappa shape index (κ3) is 5.04. The van der Waals surface area contributed by atoms with Crippen LogP contribution in [0.1, 0.15) is 33.1 Å². The number of hydrogen-bond acceptors (Lipinski definition) is 1. The molecule has 0 heterocycles. The van der Waals surface area contributed by atoms with Crippen LogP contribution in [0.5, 0.6) is 0 Å². The Morgan fingerprint density at radius 3 is 2.46 bits per heavy atom. The number of halogens is 1. The van der Waals surface area contributed by atoms with E-state index in [0.717, 1.165) is 12.0 Å². The Kier molecular flexibility index (Phi) is 6.87. The average molecular weight is 188 g/mol. The molecule has 0 aliphatic rings. The molecule has 1 nitrogen and oxygen atoms in total. The van der Waals surface area contributed by atoms with Crippen molar-refractivity contribution in [3.63, 3.8) is 0 Å². The Labute approximate surface area is 81.0 Å². The normalized spacial score (nSPS) is 15.4. The summed E-state index contributed by atoms with van der Waals surface area (Å²) in [6.07, 6.45) is 1.32. The van der Waals surface area contributed by atoms with Crippen molar-refractivity contribution in [2.24, 2.45) is 5.92 Å². The van der Waals surface area contributed by atoms with E-state index in [1.54, 1.807) is 7.11 Å². The van der Waals surface area contributed by atoms with Crippen LogP contribution in [0, 0.1) is 5.92 Å². The van der Waals surface area contributed by atoms with E-state index in [2.05, 4.69) is 6.58 Å². The Morgan fingerprint density at radius 1 is 1.46 bits per heavy atom. The largest absolute Gasteiger partial charge is 0.384 e. The van der Waals surface area contributed by atoms with Crippen LogP contribution in [0.3, 0.4) is 0 Å². The van der Waals surface area contributed by atoms with Crippen molar-refractivity contribution in [3.05, 3.63) is 12.2 Å². The fourth-order valence-electron chi connectivity index (χ4n) is 1.32. The van der Waals surface area contributed by atoms with E-state index in [1.165, 1.54) is 0 Å². The van der Waals surface area contributed by atoms with Crippen LogP contribution in [0.25, 0.3) is 0 Å². The maximum Gasteiger partial charge on any atom is 0.101 e. The highest BCUT2D eigenvalue weighted by Crippen LogP contribution is 2.21. The first-order valence-electron chi connectivity index (χ1n) is 4.96. The minimum absolute atomic E-state index is 0.185. The zero-order valence-electron chi connectivity index (χ0n) is 8.98. The molecule has 0 spiro atoms. The van der Waals surface area contributed by atoms with Crippen molar-refractivity contribution in [2.45, 2.75) is 39.3 Å². The van der Waals surface area contributed by atoms with E-state index in [1.807, 2.05) is 13.8 Å². The zero-order valence-corrected chi connectivity index (χ0v) is 8.98. The maximum absolute atomic E-state index is 13.1. The van der Waals surface area contributed by atoms with Gasteiger partial charge in [-0.3, -0.25) is 0 Å². The van der Waals surface area contributed by atoms with E-state index >= 15 is 0 Å². The summed E-state index contributed by atoms with van der Waals surface area (Å²) < 4.78 is 18.2. The van der Waals surface area contributed by atoms with Gasteiger partial charge >= 0.3 is 0 Å². The van der Waals surface area contributed by atoms with Crippen molar-refractivity contribution in [2.75, 3.05) is 13.7 Å². The second-order valence-corrected chi connectivity index (χ2v) is 3.41. The van der Waals surface area contributed by atoms with Gasteiger partial charge in [0.25, 0.3) is 0 Å². The third-order valence-electron chi connectivity index (χ3n) is 2.38. The smallest absolute Gasteiger partial charge is 0.101 e. The summed E-state index contributed by atoms with van der Waals surface area (Å²) in [7, 11) is 1.65. The summed E-state index contributed by atoms with van der Waals surface area (Å²) in [5.41, 5.74) is 1.10. The molecular weight excluding hydrogens is 167 g/mol. The fourth-order valence-corrected chi connectivity index (χ4v) is 1.32. The summed E-state index contributed by atoms with van der Waals surface area (Å²) >= 11 is 0. The molecule has 0 rings (SSSR count). The molecule has 0 saturated carbocycles. The lowest BCUT2D eigenvalue weighted by Gasteiger charge is -2.19. The van der Waals surface area contributed by atoms with E-state index in [0.29, 0.717) is 19.4 Å². The van der Waals surface area contributed by atoms with Gasteiger partial charge in [-0.2, -0.15) is 0 Å². The van der Waals surface area contributed by atoms with Gasteiger partial charge in [0.15, 0.2) is 0 Å². The summed E-state index contributed by atoms with van der Waals surface area (Å²) in [4.78, 5) is 0. The molecule has 0 amide bonds. The predicted octanol–water partition coefficient (Wildman–Crippen LogP) is 3.35. The highest BCUT2D eigenvalue weighted by atomic mass is 19.1. The number of alkyl halides is 1. The Morgan fingerprint density at radius 2 is 2.08 bits per heavy atom. The molecule has 0 fully saturated rings. The molecule has 0 aromatic heterocycles. The van der Waals surface area contributed by atoms with Gasteiger partial charge in [-0.25, -0.2) is 4.39 Å². The number of ether oxygens (including phenoxy) is 1. The van der Waals surface area contributed by atoms with Gasteiger partial charge in [0.05, 0.1) is 6.61 Å². The average Bonchev–Trinajstić information content (AvgIpc) is 2.15. The molecule has 78 valence electrons. The van der Waals surface area contributed by atoms with E-state index < -0.39 is 6.17 Å². The van der Waals surface area contributed by atoms with Crippen molar-refractivity contribution < 1.29 is 9.13 Å². The SMILES string of the molecule is C=C(CC)C(COC)CC(F)CC. The topological polar surface area (TPSA) is 9.23 Å². The van der Waals surface area contributed by atoms with Crippen LogP contribution in [0.4, 0.5) is 4.39 Å². The Balaban J connectivity index is 4.00. The second-order valence-electron chi connectivity index (χ2n) is 3.41. The quantitative estimate of drug-likeness (QED) is 0.557. The number of methoxy groups -OCH3 is 1. The summed E-state index contributed by atoms with van der Waals surface area (Å²) in [6.45, 7) is 8.43. The first-order chi connectivity index (χ1) is 6.15.